The Labute approximate surface area is 163 Å². The fourth-order valence-corrected chi connectivity index (χ4v) is 3.76. The molecular weight excluding hydrogens is 360 g/mol. The van der Waals surface area contributed by atoms with E-state index in [1.165, 1.54) is 0 Å². The van der Waals surface area contributed by atoms with Crippen molar-refractivity contribution in [2.24, 2.45) is 0 Å². The highest BCUT2D eigenvalue weighted by Gasteiger charge is 2.22. The van der Waals surface area contributed by atoms with Crippen LogP contribution in [-0.4, -0.2) is 50.4 Å². The Morgan fingerprint density at radius 1 is 1.37 bits per heavy atom. The van der Waals surface area contributed by atoms with Crippen LogP contribution in [0.4, 0.5) is 0 Å². The van der Waals surface area contributed by atoms with Crippen LogP contribution < -0.4 is 0 Å². The fraction of sp³-hybridized carbons (Fsp3) is 0.450. The maximum absolute atomic E-state index is 13.3. The molecular formula is C20H26N4O2S. The first-order valence-electron chi connectivity index (χ1n) is 9.39. The molecule has 27 heavy (non-hydrogen) atoms. The highest BCUT2D eigenvalue weighted by molar-refractivity contribution is 7.13. The Morgan fingerprint density at radius 3 is 2.81 bits per heavy atom. The SMILES string of the molecule is CCCCN(CCO)C(=O)c1cc(-c2cccs2)nc2c1cnn2C(C)C. The van der Waals surface area contributed by atoms with Crippen molar-refractivity contribution in [3.8, 4) is 10.6 Å². The van der Waals surface area contributed by atoms with Crippen LogP contribution in [0.3, 0.4) is 0 Å². The predicted octanol–water partition coefficient (Wildman–Crippen LogP) is 3.98. The molecule has 6 nitrogen and oxygen atoms in total. The molecule has 0 aliphatic carbocycles. The van der Waals surface area contributed by atoms with Gasteiger partial charge in [-0.25, -0.2) is 9.67 Å². The van der Waals surface area contributed by atoms with Crippen LogP contribution in [-0.2, 0) is 0 Å². The highest BCUT2D eigenvalue weighted by atomic mass is 32.1. The first-order valence-corrected chi connectivity index (χ1v) is 10.3. The molecule has 0 unspecified atom stereocenters. The van der Waals surface area contributed by atoms with Gasteiger partial charge in [0, 0.05) is 19.1 Å². The van der Waals surface area contributed by atoms with Gasteiger partial charge in [-0.05, 0) is 37.8 Å². The van der Waals surface area contributed by atoms with Crippen LogP contribution in [0.25, 0.3) is 21.6 Å². The van der Waals surface area contributed by atoms with Crippen molar-refractivity contribution in [1.82, 2.24) is 19.7 Å². The molecule has 0 radical (unpaired) electrons. The van der Waals surface area contributed by atoms with Gasteiger partial charge in [0.1, 0.15) is 0 Å². The number of carbonyl (C=O) groups is 1. The molecule has 0 aliphatic rings. The van der Waals surface area contributed by atoms with E-state index in [0.717, 1.165) is 34.4 Å². The summed E-state index contributed by atoms with van der Waals surface area (Å²) in [4.78, 5) is 20.9. The van der Waals surface area contributed by atoms with E-state index in [4.69, 9.17) is 4.98 Å². The number of hydrogen-bond donors (Lipinski definition) is 1. The third-order valence-electron chi connectivity index (χ3n) is 4.50. The van der Waals surface area contributed by atoms with E-state index in [1.807, 2.05) is 42.1 Å². The van der Waals surface area contributed by atoms with Crippen molar-refractivity contribution in [1.29, 1.82) is 0 Å². The molecule has 1 amide bonds. The second kappa shape index (κ2) is 8.63. The van der Waals surface area contributed by atoms with Crippen LogP contribution in [0.5, 0.6) is 0 Å². The molecule has 0 aromatic carbocycles. The summed E-state index contributed by atoms with van der Waals surface area (Å²) in [5.74, 6) is -0.0778. The van der Waals surface area contributed by atoms with Crippen molar-refractivity contribution >= 4 is 28.3 Å². The molecule has 3 heterocycles. The number of hydrogen-bond acceptors (Lipinski definition) is 5. The Balaban J connectivity index is 2.13. The van der Waals surface area contributed by atoms with Gasteiger partial charge < -0.3 is 10.0 Å². The van der Waals surface area contributed by atoms with Gasteiger partial charge >= 0.3 is 0 Å². The summed E-state index contributed by atoms with van der Waals surface area (Å²) < 4.78 is 1.85. The summed E-state index contributed by atoms with van der Waals surface area (Å²) in [6, 6.07) is 5.99. The molecule has 0 spiro atoms. The molecule has 1 N–H and O–H groups in total. The summed E-state index contributed by atoms with van der Waals surface area (Å²) in [6.07, 6.45) is 3.63. The minimum absolute atomic E-state index is 0.0489. The molecule has 3 aromatic rings. The number of nitrogens with zero attached hydrogens (tertiary/aromatic N) is 4. The van der Waals surface area contributed by atoms with Crippen molar-refractivity contribution in [3.05, 3.63) is 35.3 Å². The molecule has 3 aromatic heterocycles. The van der Waals surface area contributed by atoms with E-state index >= 15 is 0 Å². The zero-order valence-electron chi connectivity index (χ0n) is 16.1. The van der Waals surface area contributed by atoms with Gasteiger partial charge in [-0.15, -0.1) is 11.3 Å². The molecule has 0 fully saturated rings. The summed E-state index contributed by atoms with van der Waals surface area (Å²) in [5, 5.41) is 16.6. The van der Waals surface area contributed by atoms with Crippen LogP contribution >= 0.6 is 11.3 Å². The molecule has 144 valence electrons. The number of pyridine rings is 1. The van der Waals surface area contributed by atoms with Gasteiger partial charge in [0.15, 0.2) is 5.65 Å². The molecule has 0 saturated heterocycles. The predicted molar refractivity (Wildman–Crippen MR) is 109 cm³/mol. The third kappa shape index (κ3) is 4.04. The maximum Gasteiger partial charge on any atom is 0.254 e. The zero-order chi connectivity index (χ0) is 19.4. The summed E-state index contributed by atoms with van der Waals surface area (Å²) in [7, 11) is 0. The summed E-state index contributed by atoms with van der Waals surface area (Å²) in [5.41, 5.74) is 2.10. The van der Waals surface area contributed by atoms with Crippen molar-refractivity contribution in [2.75, 3.05) is 19.7 Å². The lowest BCUT2D eigenvalue weighted by atomic mass is 10.1. The van der Waals surface area contributed by atoms with Gasteiger partial charge in [0.2, 0.25) is 0 Å². The Morgan fingerprint density at radius 2 is 2.19 bits per heavy atom. The fourth-order valence-electron chi connectivity index (χ4n) is 3.08. The molecule has 0 saturated carbocycles. The average molecular weight is 387 g/mol. The first kappa shape index (κ1) is 19.5. The van der Waals surface area contributed by atoms with E-state index < -0.39 is 0 Å². The maximum atomic E-state index is 13.3. The minimum atomic E-state index is -0.0778. The number of aromatic nitrogens is 3. The molecule has 3 rings (SSSR count). The van der Waals surface area contributed by atoms with Gasteiger partial charge in [-0.2, -0.15) is 5.10 Å². The van der Waals surface area contributed by atoms with E-state index in [2.05, 4.69) is 12.0 Å². The standard InChI is InChI=1S/C20H26N4O2S/c1-4-5-8-23(9-10-25)20(26)15-12-17(18-7-6-11-27-18)22-19-16(15)13-21-24(19)14(2)3/h6-7,11-14,25H,4-5,8-10H2,1-3H3. The number of thiophene rings is 1. The lowest BCUT2D eigenvalue weighted by Gasteiger charge is -2.22. The lowest BCUT2D eigenvalue weighted by molar-refractivity contribution is 0.0721. The van der Waals surface area contributed by atoms with Crippen LogP contribution in [0.2, 0.25) is 0 Å². The normalized spacial score (nSPS) is 11.4. The third-order valence-corrected chi connectivity index (χ3v) is 5.39. The molecule has 0 bridgehead atoms. The number of amides is 1. The van der Waals surface area contributed by atoms with E-state index in [-0.39, 0.29) is 18.6 Å². The van der Waals surface area contributed by atoms with Gasteiger partial charge in [-0.1, -0.05) is 19.4 Å². The largest absolute Gasteiger partial charge is 0.395 e. The number of carbonyl (C=O) groups excluding carboxylic acids is 1. The quantitative estimate of drug-likeness (QED) is 0.636. The Kier molecular flexibility index (Phi) is 6.23. The first-order chi connectivity index (χ1) is 13.1. The monoisotopic (exact) mass is 386 g/mol. The molecule has 7 heteroatoms. The molecule has 0 atom stereocenters. The second-order valence-electron chi connectivity index (χ2n) is 6.82. The van der Waals surface area contributed by atoms with Gasteiger partial charge in [-0.3, -0.25) is 4.79 Å². The Hall–Kier alpha value is -2.25. The van der Waals surface area contributed by atoms with E-state index in [1.54, 1.807) is 22.4 Å². The topological polar surface area (TPSA) is 71.2 Å². The van der Waals surface area contributed by atoms with Crippen molar-refractivity contribution in [3.63, 3.8) is 0 Å². The van der Waals surface area contributed by atoms with E-state index in [9.17, 15) is 9.90 Å². The number of unbranched alkanes of at least 4 members (excludes halogenated alkanes) is 1. The summed E-state index contributed by atoms with van der Waals surface area (Å²) in [6.45, 7) is 7.10. The van der Waals surface area contributed by atoms with Crippen LogP contribution in [0.1, 0.15) is 50.0 Å². The minimum Gasteiger partial charge on any atom is -0.395 e. The smallest absolute Gasteiger partial charge is 0.254 e. The van der Waals surface area contributed by atoms with E-state index in [0.29, 0.717) is 18.7 Å². The number of rotatable bonds is 8. The number of aliphatic hydroxyl groups excluding tert-OH is 1. The van der Waals surface area contributed by atoms with Gasteiger partial charge in [0.05, 0.1) is 34.3 Å². The number of fused-ring (bicyclic) bond motifs is 1. The van der Waals surface area contributed by atoms with Gasteiger partial charge in [0.25, 0.3) is 5.91 Å². The van der Waals surface area contributed by atoms with Crippen LogP contribution in [0.15, 0.2) is 29.8 Å². The zero-order valence-corrected chi connectivity index (χ0v) is 16.9. The second-order valence-corrected chi connectivity index (χ2v) is 7.77. The van der Waals surface area contributed by atoms with Crippen molar-refractivity contribution in [2.45, 2.75) is 39.7 Å². The molecule has 0 aliphatic heterocycles. The Bertz CT molecular complexity index is 902. The highest BCUT2D eigenvalue weighted by Crippen LogP contribution is 2.29. The lowest BCUT2D eigenvalue weighted by Crippen LogP contribution is -2.34. The van der Waals surface area contributed by atoms with Crippen LogP contribution in [0, 0.1) is 0 Å². The summed E-state index contributed by atoms with van der Waals surface area (Å²) >= 11 is 1.60. The van der Waals surface area contributed by atoms with Crippen molar-refractivity contribution < 1.29 is 9.90 Å². The average Bonchev–Trinajstić information content (AvgIpc) is 3.33. The number of aliphatic hydroxyl groups is 1.